The van der Waals surface area contributed by atoms with E-state index in [2.05, 4.69) is 22.1 Å². The van der Waals surface area contributed by atoms with E-state index in [1.54, 1.807) is 4.90 Å². The summed E-state index contributed by atoms with van der Waals surface area (Å²) < 4.78 is 2.03. The van der Waals surface area contributed by atoms with Crippen LogP contribution in [0.1, 0.15) is 37.4 Å². The highest BCUT2D eigenvalue weighted by Gasteiger charge is 2.30. The predicted molar refractivity (Wildman–Crippen MR) is 91.7 cm³/mol. The molecule has 2 heterocycles. The summed E-state index contributed by atoms with van der Waals surface area (Å²) >= 11 is 1.35. The number of likely N-dealkylation sites (tertiary alicyclic amines) is 1. The first-order chi connectivity index (χ1) is 11.7. The van der Waals surface area contributed by atoms with Gasteiger partial charge in [0.25, 0.3) is 0 Å². The summed E-state index contributed by atoms with van der Waals surface area (Å²) in [6.07, 6.45) is 6.22. The fraction of sp³-hybridized carbons (Fsp3) is 0.625. The van der Waals surface area contributed by atoms with E-state index in [1.807, 2.05) is 10.6 Å². The molecule has 1 saturated carbocycles. The Labute approximate surface area is 145 Å². The smallest absolute Gasteiger partial charge is 0.241 e. The van der Waals surface area contributed by atoms with Gasteiger partial charge in [-0.1, -0.05) is 17.8 Å². The Balaban J connectivity index is 1.47. The molecule has 2 amide bonds. The van der Waals surface area contributed by atoms with Gasteiger partial charge in [0.1, 0.15) is 5.82 Å². The molecule has 24 heavy (non-hydrogen) atoms. The van der Waals surface area contributed by atoms with Crippen molar-refractivity contribution in [3.8, 4) is 0 Å². The van der Waals surface area contributed by atoms with Gasteiger partial charge in [0.15, 0.2) is 5.16 Å². The number of nitrogens with one attached hydrogen (secondary N) is 1. The molecule has 0 bridgehead atoms. The molecule has 1 aliphatic heterocycles. The molecule has 0 atom stereocenters. The normalized spacial score (nSPS) is 17.1. The molecule has 0 radical (unpaired) electrons. The van der Waals surface area contributed by atoms with Crippen molar-refractivity contribution in [1.82, 2.24) is 25.0 Å². The maximum Gasteiger partial charge on any atom is 0.241 e. The number of nitrogens with zero attached hydrogens (tertiary/aromatic N) is 4. The lowest BCUT2D eigenvalue weighted by molar-refractivity contribution is -0.131. The van der Waals surface area contributed by atoms with Gasteiger partial charge in [-0.05, 0) is 25.7 Å². The van der Waals surface area contributed by atoms with Crippen LogP contribution in [0.25, 0.3) is 0 Å². The first-order valence-electron chi connectivity index (χ1n) is 8.40. The van der Waals surface area contributed by atoms with Gasteiger partial charge in [0.2, 0.25) is 11.8 Å². The second-order valence-electron chi connectivity index (χ2n) is 6.17. The van der Waals surface area contributed by atoms with Gasteiger partial charge in [-0.15, -0.1) is 16.8 Å². The van der Waals surface area contributed by atoms with E-state index in [0.29, 0.717) is 12.5 Å². The molecule has 8 heteroatoms. The number of amides is 2. The number of aromatic nitrogens is 3. The Morgan fingerprint density at radius 1 is 1.29 bits per heavy atom. The molecule has 130 valence electrons. The Morgan fingerprint density at radius 2 is 2.04 bits per heavy atom. The molecule has 3 rings (SSSR count). The van der Waals surface area contributed by atoms with Crippen molar-refractivity contribution in [3.05, 3.63) is 18.5 Å². The van der Waals surface area contributed by atoms with Gasteiger partial charge in [-0.2, -0.15) is 0 Å². The molecule has 1 N–H and O–H groups in total. The highest BCUT2D eigenvalue weighted by molar-refractivity contribution is 7.99. The molecule has 0 spiro atoms. The first-order valence-corrected chi connectivity index (χ1v) is 9.39. The molecule has 2 aliphatic rings. The minimum Gasteiger partial charge on any atom is -0.346 e. The van der Waals surface area contributed by atoms with Crippen molar-refractivity contribution in [1.29, 1.82) is 0 Å². The lowest BCUT2D eigenvalue weighted by Gasteiger charge is -2.15. The van der Waals surface area contributed by atoms with Crippen LogP contribution in [-0.4, -0.2) is 56.9 Å². The summed E-state index contributed by atoms with van der Waals surface area (Å²) in [6, 6.07) is 0. The fourth-order valence-electron chi connectivity index (χ4n) is 2.78. The van der Waals surface area contributed by atoms with Gasteiger partial charge in [-0.25, -0.2) is 0 Å². The molecule has 0 unspecified atom stereocenters. The molecule has 1 aromatic heterocycles. The van der Waals surface area contributed by atoms with Crippen LogP contribution in [0, 0.1) is 0 Å². The monoisotopic (exact) mass is 349 g/mol. The number of hydrogen-bond donors (Lipinski definition) is 1. The van der Waals surface area contributed by atoms with Crippen LogP contribution in [0.3, 0.4) is 0 Å². The van der Waals surface area contributed by atoms with Crippen molar-refractivity contribution < 1.29 is 9.59 Å². The quantitative estimate of drug-likeness (QED) is 0.563. The first kappa shape index (κ1) is 17.0. The van der Waals surface area contributed by atoms with Crippen LogP contribution in [0.2, 0.25) is 0 Å². The topological polar surface area (TPSA) is 80.1 Å². The fourth-order valence-corrected chi connectivity index (χ4v) is 3.57. The van der Waals surface area contributed by atoms with Crippen LogP contribution in [0.15, 0.2) is 17.8 Å². The third-order valence-electron chi connectivity index (χ3n) is 4.23. The summed E-state index contributed by atoms with van der Waals surface area (Å²) in [4.78, 5) is 25.7. The SMILES string of the molecule is C=CCn1c(SCC(=O)NCC(=O)N2CCCC2)nnc1C1CC1. The van der Waals surface area contributed by atoms with Crippen molar-refractivity contribution in [2.75, 3.05) is 25.4 Å². The van der Waals surface area contributed by atoms with Crippen molar-refractivity contribution >= 4 is 23.6 Å². The number of carbonyl (C=O) groups is 2. The molecule has 1 saturated heterocycles. The van der Waals surface area contributed by atoms with E-state index < -0.39 is 0 Å². The number of thioether (sulfide) groups is 1. The molecule has 0 aromatic carbocycles. The minimum absolute atomic E-state index is 0.00306. The van der Waals surface area contributed by atoms with Gasteiger partial charge >= 0.3 is 0 Å². The summed E-state index contributed by atoms with van der Waals surface area (Å²) in [6.45, 7) is 6.10. The third-order valence-corrected chi connectivity index (χ3v) is 5.19. The van der Waals surface area contributed by atoms with Gasteiger partial charge < -0.3 is 14.8 Å². The zero-order valence-electron chi connectivity index (χ0n) is 13.7. The zero-order valence-corrected chi connectivity index (χ0v) is 14.6. The average Bonchev–Trinajstić information content (AvgIpc) is 3.11. The van der Waals surface area contributed by atoms with E-state index in [4.69, 9.17) is 0 Å². The van der Waals surface area contributed by atoms with Crippen molar-refractivity contribution in [2.24, 2.45) is 0 Å². The number of allylic oxidation sites excluding steroid dienone is 1. The minimum atomic E-state index is -0.159. The second-order valence-corrected chi connectivity index (χ2v) is 7.11. The Bertz CT molecular complexity index is 620. The molecule has 7 nitrogen and oxygen atoms in total. The highest BCUT2D eigenvalue weighted by Crippen LogP contribution is 2.40. The molecule has 1 aromatic rings. The summed E-state index contributed by atoms with van der Waals surface area (Å²) in [7, 11) is 0. The largest absolute Gasteiger partial charge is 0.346 e. The summed E-state index contributed by atoms with van der Waals surface area (Å²) in [5, 5.41) is 11.9. The zero-order chi connectivity index (χ0) is 16.9. The molecule has 1 aliphatic carbocycles. The number of carbonyl (C=O) groups excluding carboxylic acids is 2. The standard InChI is InChI=1S/C16H23N5O2S/c1-2-7-21-15(12-5-6-12)18-19-16(21)24-11-13(22)17-10-14(23)20-8-3-4-9-20/h2,12H,1,3-11H2,(H,17,22). The molecular formula is C16H23N5O2S. The lowest BCUT2D eigenvalue weighted by atomic mass is 10.4. The Morgan fingerprint density at radius 3 is 2.71 bits per heavy atom. The van der Waals surface area contributed by atoms with Crippen molar-refractivity contribution in [2.45, 2.75) is 43.3 Å². The average molecular weight is 349 g/mol. The molecule has 2 fully saturated rings. The highest BCUT2D eigenvalue weighted by atomic mass is 32.2. The number of rotatable bonds is 8. The molecular weight excluding hydrogens is 326 g/mol. The lowest BCUT2D eigenvalue weighted by Crippen LogP contribution is -2.39. The van der Waals surface area contributed by atoms with Crippen molar-refractivity contribution in [3.63, 3.8) is 0 Å². The van der Waals surface area contributed by atoms with Crippen LogP contribution >= 0.6 is 11.8 Å². The Kier molecular flexibility index (Phi) is 5.55. The summed E-state index contributed by atoms with van der Waals surface area (Å²) in [5.74, 6) is 1.55. The van der Waals surface area contributed by atoms with Gasteiger partial charge in [-0.3, -0.25) is 9.59 Å². The van der Waals surface area contributed by atoms with Crippen LogP contribution in [-0.2, 0) is 16.1 Å². The van der Waals surface area contributed by atoms with Gasteiger partial charge in [0.05, 0.1) is 12.3 Å². The number of hydrogen-bond acceptors (Lipinski definition) is 5. The van der Waals surface area contributed by atoms with Gasteiger partial charge in [0, 0.05) is 25.6 Å². The third kappa shape index (κ3) is 4.17. The summed E-state index contributed by atoms with van der Waals surface area (Å²) in [5.41, 5.74) is 0. The maximum atomic E-state index is 12.0. The van der Waals surface area contributed by atoms with E-state index in [1.165, 1.54) is 11.8 Å². The predicted octanol–water partition coefficient (Wildman–Crippen LogP) is 1.17. The van der Waals surface area contributed by atoms with E-state index in [9.17, 15) is 9.59 Å². The Hall–Kier alpha value is -1.83. The van der Waals surface area contributed by atoms with E-state index in [0.717, 1.165) is 49.8 Å². The van der Waals surface area contributed by atoms with E-state index in [-0.39, 0.29) is 24.1 Å². The van der Waals surface area contributed by atoms with Crippen LogP contribution in [0.4, 0.5) is 0 Å². The van der Waals surface area contributed by atoms with Crippen LogP contribution < -0.4 is 5.32 Å². The van der Waals surface area contributed by atoms with E-state index >= 15 is 0 Å². The second kappa shape index (κ2) is 7.83. The maximum absolute atomic E-state index is 12.0. The van der Waals surface area contributed by atoms with Crippen LogP contribution in [0.5, 0.6) is 0 Å².